The van der Waals surface area contributed by atoms with E-state index in [2.05, 4.69) is 33.8 Å². The quantitative estimate of drug-likeness (QED) is 0.777. The van der Waals surface area contributed by atoms with Crippen LogP contribution in [0, 0.1) is 0 Å². The van der Waals surface area contributed by atoms with E-state index in [1.54, 1.807) is 6.33 Å². The zero-order valence-corrected chi connectivity index (χ0v) is 9.56. The second-order valence-corrected chi connectivity index (χ2v) is 3.95. The van der Waals surface area contributed by atoms with E-state index in [0.29, 0.717) is 6.04 Å². The summed E-state index contributed by atoms with van der Waals surface area (Å²) in [5.41, 5.74) is 0. The molecule has 0 aliphatic carbocycles. The van der Waals surface area contributed by atoms with Crippen LogP contribution in [0.5, 0.6) is 0 Å². The highest BCUT2D eigenvalue weighted by Crippen LogP contribution is 2.10. The summed E-state index contributed by atoms with van der Waals surface area (Å²) < 4.78 is 0. The van der Waals surface area contributed by atoms with Gasteiger partial charge in [-0.3, -0.25) is 0 Å². The van der Waals surface area contributed by atoms with E-state index in [1.165, 1.54) is 0 Å². The summed E-state index contributed by atoms with van der Waals surface area (Å²) in [5.74, 6) is 2.77. The molecule has 4 nitrogen and oxygen atoms in total. The number of hydrogen-bond acceptors (Lipinski definition) is 5. The van der Waals surface area contributed by atoms with E-state index in [4.69, 9.17) is 0 Å². The predicted molar refractivity (Wildman–Crippen MR) is 63.0 cm³/mol. The van der Waals surface area contributed by atoms with Gasteiger partial charge in [-0.1, -0.05) is 0 Å². The Morgan fingerprint density at radius 1 is 1.43 bits per heavy atom. The number of rotatable bonds is 5. The monoisotopic (exact) mass is 212 g/mol. The lowest BCUT2D eigenvalue weighted by atomic mass is 10.4. The molecule has 0 fully saturated rings. The maximum atomic E-state index is 4.14. The lowest BCUT2D eigenvalue weighted by molar-refractivity contribution is 0.900. The van der Waals surface area contributed by atoms with Gasteiger partial charge in [0.05, 0.1) is 0 Å². The Balaban J connectivity index is 2.57. The second-order valence-electron chi connectivity index (χ2n) is 3.04. The van der Waals surface area contributed by atoms with Crippen molar-refractivity contribution in [3.8, 4) is 0 Å². The van der Waals surface area contributed by atoms with Crippen LogP contribution in [0.2, 0.25) is 0 Å². The van der Waals surface area contributed by atoms with Crippen molar-refractivity contribution in [2.75, 3.05) is 29.7 Å². The Morgan fingerprint density at radius 3 is 2.79 bits per heavy atom. The van der Waals surface area contributed by atoms with Crippen molar-refractivity contribution in [3.05, 3.63) is 12.4 Å². The molecule has 2 N–H and O–H groups in total. The van der Waals surface area contributed by atoms with Gasteiger partial charge in [0.15, 0.2) is 0 Å². The molecule has 0 bridgehead atoms. The van der Waals surface area contributed by atoms with Crippen LogP contribution in [0.1, 0.15) is 6.92 Å². The summed E-state index contributed by atoms with van der Waals surface area (Å²) >= 11 is 1.82. The number of aromatic nitrogens is 2. The maximum Gasteiger partial charge on any atom is 0.131 e. The molecular weight excluding hydrogens is 196 g/mol. The van der Waals surface area contributed by atoms with E-state index < -0.39 is 0 Å². The lowest BCUT2D eigenvalue weighted by Crippen LogP contribution is -2.18. The molecule has 0 spiro atoms. The summed E-state index contributed by atoms with van der Waals surface area (Å²) in [5, 5.41) is 6.28. The van der Waals surface area contributed by atoms with E-state index in [0.717, 1.165) is 17.4 Å². The van der Waals surface area contributed by atoms with Gasteiger partial charge in [0.1, 0.15) is 18.0 Å². The summed E-state index contributed by atoms with van der Waals surface area (Å²) in [6.45, 7) is 2.14. The summed E-state index contributed by atoms with van der Waals surface area (Å²) in [6, 6.07) is 2.32. The van der Waals surface area contributed by atoms with E-state index >= 15 is 0 Å². The van der Waals surface area contributed by atoms with Gasteiger partial charge in [-0.15, -0.1) is 0 Å². The van der Waals surface area contributed by atoms with E-state index in [1.807, 2.05) is 24.9 Å². The highest BCUT2D eigenvalue weighted by molar-refractivity contribution is 7.98. The first-order valence-corrected chi connectivity index (χ1v) is 5.91. The smallest absolute Gasteiger partial charge is 0.131 e. The van der Waals surface area contributed by atoms with E-state index in [9.17, 15) is 0 Å². The Bertz CT molecular complexity index is 279. The second kappa shape index (κ2) is 5.70. The molecule has 1 aromatic heterocycles. The predicted octanol–water partition coefficient (Wildman–Crippen LogP) is 1.68. The Labute approximate surface area is 88.9 Å². The van der Waals surface area contributed by atoms with Gasteiger partial charge in [-0.2, -0.15) is 11.8 Å². The van der Waals surface area contributed by atoms with E-state index in [-0.39, 0.29) is 0 Å². The van der Waals surface area contributed by atoms with Crippen LogP contribution < -0.4 is 10.6 Å². The van der Waals surface area contributed by atoms with Gasteiger partial charge in [0.25, 0.3) is 0 Å². The van der Waals surface area contributed by atoms with Crippen LogP contribution in [0.25, 0.3) is 0 Å². The average molecular weight is 212 g/mol. The van der Waals surface area contributed by atoms with Crippen LogP contribution in [0.4, 0.5) is 11.6 Å². The third-order valence-corrected chi connectivity index (χ3v) is 2.57. The average Bonchev–Trinajstić information content (AvgIpc) is 2.18. The summed E-state index contributed by atoms with van der Waals surface area (Å²) in [6.07, 6.45) is 3.65. The zero-order valence-electron chi connectivity index (χ0n) is 8.74. The molecule has 0 aliphatic heterocycles. The molecule has 1 heterocycles. The molecule has 5 heteroatoms. The van der Waals surface area contributed by atoms with Gasteiger partial charge in [-0.05, 0) is 13.2 Å². The number of hydrogen-bond donors (Lipinski definition) is 2. The minimum atomic E-state index is 0.421. The first kappa shape index (κ1) is 11.1. The fraction of sp³-hybridized carbons (Fsp3) is 0.556. The highest BCUT2D eigenvalue weighted by Gasteiger charge is 2.02. The third-order valence-electron chi connectivity index (χ3n) is 1.73. The van der Waals surface area contributed by atoms with Gasteiger partial charge < -0.3 is 10.6 Å². The molecule has 1 atom stereocenters. The molecule has 1 unspecified atom stereocenters. The van der Waals surface area contributed by atoms with Crippen molar-refractivity contribution in [1.82, 2.24) is 9.97 Å². The lowest BCUT2D eigenvalue weighted by Gasteiger charge is -2.13. The first-order valence-electron chi connectivity index (χ1n) is 4.51. The van der Waals surface area contributed by atoms with Crippen LogP contribution in [0.3, 0.4) is 0 Å². The highest BCUT2D eigenvalue weighted by atomic mass is 32.2. The van der Waals surface area contributed by atoms with Crippen LogP contribution in [-0.2, 0) is 0 Å². The fourth-order valence-electron chi connectivity index (χ4n) is 1.12. The number of nitrogens with one attached hydrogen (secondary N) is 2. The molecule has 0 saturated carbocycles. The minimum absolute atomic E-state index is 0.421. The van der Waals surface area contributed by atoms with Gasteiger partial charge >= 0.3 is 0 Å². The maximum absolute atomic E-state index is 4.14. The SMILES string of the molecule is CNc1cc(NC(C)CSC)ncn1. The van der Waals surface area contributed by atoms with Crippen molar-refractivity contribution >= 4 is 23.4 Å². The molecule has 78 valence electrons. The molecule has 1 rings (SSSR count). The molecule has 14 heavy (non-hydrogen) atoms. The van der Waals surface area contributed by atoms with Crippen LogP contribution in [0.15, 0.2) is 12.4 Å². The van der Waals surface area contributed by atoms with Crippen LogP contribution in [-0.4, -0.2) is 35.1 Å². The number of nitrogens with zero attached hydrogens (tertiary/aromatic N) is 2. The molecule has 0 aliphatic rings. The topological polar surface area (TPSA) is 49.8 Å². The summed E-state index contributed by atoms with van der Waals surface area (Å²) in [7, 11) is 1.84. The Kier molecular flexibility index (Phi) is 4.52. The molecule has 0 radical (unpaired) electrons. The Hall–Kier alpha value is -0.970. The fourth-order valence-corrected chi connectivity index (χ4v) is 1.70. The standard InChI is InChI=1S/C9H16N4S/c1-7(5-14-3)13-9-4-8(10-2)11-6-12-9/h4,6-7H,5H2,1-3H3,(H2,10,11,12,13). The Morgan fingerprint density at radius 2 is 2.14 bits per heavy atom. The van der Waals surface area contributed by atoms with Gasteiger partial charge in [0, 0.05) is 24.9 Å². The molecule has 0 saturated heterocycles. The van der Waals surface area contributed by atoms with Crippen molar-refractivity contribution in [2.45, 2.75) is 13.0 Å². The minimum Gasteiger partial charge on any atom is -0.373 e. The molecule has 0 amide bonds. The summed E-state index contributed by atoms with van der Waals surface area (Å²) in [4.78, 5) is 8.18. The first-order chi connectivity index (χ1) is 6.76. The number of thioether (sulfide) groups is 1. The molecule has 1 aromatic rings. The van der Waals surface area contributed by atoms with Crippen LogP contribution >= 0.6 is 11.8 Å². The van der Waals surface area contributed by atoms with Crippen molar-refractivity contribution in [1.29, 1.82) is 0 Å². The largest absolute Gasteiger partial charge is 0.373 e. The molecule has 0 aromatic carbocycles. The number of anilines is 2. The van der Waals surface area contributed by atoms with Gasteiger partial charge in [-0.25, -0.2) is 9.97 Å². The zero-order chi connectivity index (χ0) is 10.4. The van der Waals surface area contributed by atoms with Gasteiger partial charge in [0.2, 0.25) is 0 Å². The van der Waals surface area contributed by atoms with Crippen molar-refractivity contribution in [2.24, 2.45) is 0 Å². The van der Waals surface area contributed by atoms with Crippen molar-refractivity contribution < 1.29 is 0 Å². The third kappa shape index (κ3) is 3.41. The normalized spacial score (nSPS) is 12.2. The molecular formula is C9H16N4S. The van der Waals surface area contributed by atoms with Crippen molar-refractivity contribution in [3.63, 3.8) is 0 Å².